The van der Waals surface area contributed by atoms with Crippen molar-refractivity contribution in [1.29, 1.82) is 0 Å². The van der Waals surface area contributed by atoms with Crippen LogP contribution in [0.3, 0.4) is 0 Å². The van der Waals surface area contributed by atoms with E-state index < -0.39 is 5.97 Å². The number of thioether (sulfide) groups is 1. The molecule has 2 aromatic rings. The number of carboxylic acids is 1. The summed E-state index contributed by atoms with van der Waals surface area (Å²) in [5, 5.41) is 12.2. The van der Waals surface area contributed by atoms with Gasteiger partial charge in [-0.05, 0) is 25.3 Å². The van der Waals surface area contributed by atoms with Gasteiger partial charge in [0.2, 0.25) is 0 Å². The maximum Gasteiger partial charge on any atom is 0.324 e. The van der Waals surface area contributed by atoms with Gasteiger partial charge in [0.15, 0.2) is 5.13 Å². The summed E-state index contributed by atoms with van der Waals surface area (Å²) in [6.45, 7) is 2.99. The highest BCUT2D eigenvalue weighted by Crippen LogP contribution is 2.29. The van der Waals surface area contributed by atoms with Gasteiger partial charge in [-0.25, -0.2) is 9.78 Å². The first-order valence-electron chi connectivity index (χ1n) is 10.5. The first-order chi connectivity index (χ1) is 15.0. The van der Waals surface area contributed by atoms with Crippen LogP contribution < -0.4 is 5.32 Å². The van der Waals surface area contributed by atoms with E-state index in [1.54, 1.807) is 6.20 Å². The molecule has 0 spiro atoms. The molecule has 0 bridgehead atoms. The van der Waals surface area contributed by atoms with Crippen LogP contribution in [0.5, 0.6) is 0 Å². The Hall–Kier alpha value is -2.10. The molecule has 1 aliphatic rings. The van der Waals surface area contributed by atoms with Gasteiger partial charge >= 0.3 is 12.0 Å². The molecule has 1 heterocycles. The van der Waals surface area contributed by atoms with Crippen LogP contribution in [-0.4, -0.2) is 51.4 Å². The zero-order valence-electron chi connectivity index (χ0n) is 17.7. The summed E-state index contributed by atoms with van der Waals surface area (Å²) in [4.78, 5) is 30.1. The molecule has 2 N–H and O–H groups in total. The summed E-state index contributed by atoms with van der Waals surface area (Å²) in [6, 6.07) is 9.94. The van der Waals surface area contributed by atoms with Crippen molar-refractivity contribution in [3.63, 3.8) is 0 Å². The number of nitrogens with one attached hydrogen (secondary N) is 1. The monoisotopic (exact) mass is 463 g/mol. The van der Waals surface area contributed by atoms with Crippen molar-refractivity contribution in [2.75, 3.05) is 17.7 Å². The highest BCUT2D eigenvalue weighted by Gasteiger charge is 2.30. The number of thiazole rings is 1. The van der Waals surface area contributed by atoms with Crippen molar-refractivity contribution in [3.8, 4) is 0 Å². The van der Waals surface area contributed by atoms with Crippen LogP contribution in [0.25, 0.3) is 0 Å². The number of nitrogens with zero attached hydrogens (tertiary/aromatic N) is 2. The lowest BCUT2D eigenvalue weighted by Gasteiger charge is -2.38. The Kier molecular flexibility index (Phi) is 9.17. The fourth-order valence-electron chi connectivity index (χ4n) is 3.76. The third-order valence-electron chi connectivity index (χ3n) is 5.18. The lowest BCUT2D eigenvalue weighted by atomic mass is 9.93. The zero-order valence-corrected chi connectivity index (χ0v) is 19.3. The van der Waals surface area contributed by atoms with Crippen LogP contribution in [0.15, 0.2) is 40.7 Å². The lowest BCUT2D eigenvalue weighted by molar-refractivity contribution is -0.133. The molecule has 7 nitrogen and oxygen atoms in total. The number of aliphatic carboxylic acids is 1. The van der Waals surface area contributed by atoms with Crippen molar-refractivity contribution in [2.24, 2.45) is 0 Å². The molecule has 1 aromatic heterocycles. The summed E-state index contributed by atoms with van der Waals surface area (Å²) in [6.07, 6.45) is 7.05. The fourth-order valence-corrected chi connectivity index (χ4v) is 5.34. The van der Waals surface area contributed by atoms with Crippen LogP contribution >= 0.6 is 23.1 Å². The zero-order chi connectivity index (χ0) is 22.1. The molecule has 1 aliphatic carbocycles. The van der Waals surface area contributed by atoms with E-state index in [-0.39, 0.29) is 23.9 Å². The molecule has 0 aliphatic heterocycles. The third-order valence-corrected chi connectivity index (χ3v) is 7.28. The van der Waals surface area contributed by atoms with Crippen LogP contribution in [0, 0.1) is 0 Å². The number of anilines is 1. The van der Waals surface area contributed by atoms with Gasteiger partial charge in [0.25, 0.3) is 0 Å². The Morgan fingerprint density at radius 1 is 1.29 bits per heavy atom. The molecule has 0 radical (unpaired) electrons. The summed E-state index contributed by atoms with van der Waals surface area (Å²) in [5.41, 5.74) is 1.11. The third kappa shape index (κ3) is 7.52. The van der Waals surface area contributed by atoms with E-state index in [0.29, 0.717) is 18.3 Å². The second-order valence-corrected chi connectivity index (χ2v) is 9.95. The van der Waals surface area contributed by atoms with Crippen molar-refractivity contribution in [1.82, 2.24) is 9.88 Å². The van der Waals surface area contributed by atoms with Gasteiger partial charge in [0.1, 0.15) is 0 Å². The second kappa shape index (κ2) is 12.1. The lowest BCUT2D eigenvalue weighted by Crippen LogP contribution is -2.50. The maximum absolute atomic E-state index is 13.2. The number of carboxylic acid groups (broad SMARTS) is 1. The number of hydrogen-bond donors (Lipinski definition) is 2. The molecule has 1 aromatic carbocycles. The minimum absolute atomic E-state index is 0.0282. The van der Waals surface area contributed by atoms with Gasteiger partial charge in [-0.15, -0.1) is 11.8 Å². The van der Waals surface area contributed by atoms with Gasteiger partial charge in [-0.2, -0.15) is 0 Å². The van der Waals surface area contributed by atoms with E-state index in [9.17, 15) is 9.59 Å². The standard InChI is InChI=1S/C22H29N3O4S2/c1-16(13-29-14-17-8-4-2-5-9-17)25(18-10-6-3-7-11-18)22(28)24-21-23-12-20(31-21)30-15-19(26)27/h2,4-5,8-9,12,16,18H,3,6-7,10-11,13-15H2,1H3,(H,26,27)(H,23,24,28). The fraction of sp³-hybridized carbons (Fsp3) is 0.500. The molecule has 1 saturated carbocycles. The molecule has 3 rings (SSSR count). The highest BCUT2D eigenvalue weighted by atomic mass is 32.2. The molecular formula is C22H29N3O4S2. The largest absolute Gasteiger partial charge is 0.481 e. The number of ether oxygens (including phenoxy) is 1. The first kappa shape index (κ1) is 23.6. The number of rotatable bonds is 10. The van der Waals surface area contributed by atoms with E-state index in [4.69, 9.17) is 9.84 Å². The molecule has 2 amide bonds. The van der Waals surface area contributed by atoms with Crippen LogP contribution in [0.1, 0.15) is 44.6 Å². The molecule has 0 saturated heterocycles. The minimum atomic E-state index is -0.878. The van der Waals surface area contributed by atoms with Gasteiger partial charge in [0.05, 0.1) is 35.4 Å². The first-order valence-corrected chi connectivity index (χ1v) is 12.3. The predicted molar refractivity (Wildman–Crippen MR) is 124 cm³/mol. The van der Waals surface area contributed by atoms with E-state index in [1.807, 2.05) is 42.2 Å². The number of hydrogen-bond acceptors (Lipinski definition) is 6. The summed E-state index contributed by atoms with van der Waals surface area (Å²) in [5.74, 6) is -0.906. The number of aromatic nitrogens is 1. The molecule has 1 atom stereocenters. The van der Waals surface area contributed by atoms with Crippen LogP contribution in [-0.2, 0) is 16.1 Å². The molecule has 31 heavy (non-hydrogen) atoms. The molecular weight excluding hydrogens is 434 g/mol. The number of carbonyl (C=O) groups is 2. The van der Waals surface area contributed by atoms with Gasteiger partial charge in [-0.1, -0.05) is 60.9 Å². The number of carbonyl (C=O) groups excluding carboxylic acids is 1. The van der Waals surface area contributed by atoms with Crippen molar-refractivity contribution >= 4 is 40.2 Å². The second-order valence-electron chi connectivity index (χ2n) is 7.65. The van der Waals surface area contributed by atoms with Crippen molar-refractivity contribution in [3.05, 3.63) is 42.1 Å². The minimum Gasteiger partial charge on any atom is -0.481 e. The van der Waals surface area contributed by atoms with E-state index >= 15 is 0 Å². The topological polar surface area (TPSA) is 91.8 Å². The molecule has 9 heteroatoms. The van der Waals surface area contributed by atoms with Crippen molar-refractivity contribution < 1.29 is 19.4 Å². The van der Waals surface area contributed by atoms with Crippen molar-refractivity contribution in [2.45, 2.75) is 61.9 Å². The van der Waals surface area contributed by atoms with Crippen LogP contribution in [0.4, 0.5) is 9.93 Å². The number of urea groups is 1. The number of benzene rings is 1. The average Bonchev–Trinajstić information content (AvgIpc) is 3.21. The molecule has 1 unspecified atom stereocenters. The van der Waals surface area contributed by atoms with Gasteiger partial charge < -0.3 is 14.7 Å². The Balaban J connectivity index is 1.60. The highest BCUT2D eigenvalue weighted by molar-refractivity contribution is 8.01. The Bertz CT molecular complexity index is 840. The normalized spacial score (nSPS) is 15.4. The van der Waals surface area contributed by atoms with Crippen LogP contribution in [0.2, 0.25) is 0 Å². The Labute approximate surface area is 191 Å². The van der Waals surface area contributed by atoms with E-state index in [1.165, 1.54) is 29.5 Å². The smallest absolute Gasteiger partial charge is 0.324 e. The van der Waals surface area contributed by atoms with Gasteiger partial charge in [0, 0.05) is 6.04 Å². The van der Waals surface area contributed by atoms with Gasteiger partial charge in [-0.3, -0.25) is 10.1 Å². The predicted octanol–water partition coefficient (Wildman–Crippen LogP) is 5.09. The summed E-state index contributed by atoms with van der Waals surface area (Å²) < 4.78 is 6.68. The maximum atomic E-state index is 13.2. The van der Waals surface area contributed by atoms with E-state index in [0.717, 1.165) is 35.5 Å². The molecule has 1 fully saturated rings. The van der Waals surface area contributed by atoms with E-state index in [2.05, 4.69) is 10.3 Å². The summed E-state index contributed by atoms with van der Waals surface area (Å²) >= 11 is 2.49. The SMILES string of the molecule is CC(COCc1ccccc1)N(C(=O)Nc1ncc(SCC(=O)O)s1)C1CCCCC1. The quantitative estimate of drug-likeness (QED) is 0.477. The number of amides is 2. The Morgan fingerprint density at radius 3 is 2.74 bits per heavy atom. The summed E-state index contributed by atoms with van der Waals surface area (Å²) in [7, 11) is 0. The Morgan fingerprint density at radius 2 is 2.03 bits per heavy atom. The average molecular weight is 464 g/mol. The molecule has 168 valence electrons.